The fourth-order valence-corrected chi connectivity index (χ4v) is 6.25. The van der Waals surface area contributed by atoms with E-state index in [9.17, 15) is 13.2 Å². The third kappa shape index (κ3) is 4.94. The molecule has 0 saturated heterocycles. The van der Waals surface area contributed by atoms with Crippen molar-refractivity contribution in [3.8, 4) is 0 Å². The Labute approximate surface area is 171 Å². The van der Waals surface area contributed by atoms with Crippen LogP contribution in [0, 0.1) is 19.8 Å². The van der Waals surface area contributed by atoms with Crippen molar-refractivity contribution in [2.24, 2.45) is 5.92 Å². The lowest BCUT2D eigenvalue weighted by Gasteiger charge is -2.29. The quantitative estimate of drug-likeness (QED) is 0.759. The second kappa shape index (κ2) is 8.66. The van der Waals surface area contributed by atoms with Crippen LogP contribution in [-0.4, -0.2) is 26.9 Å². The van der Waals surface area contributed by atoms with E-state index in [2.05, 4.69) is 12.2 Å². The van der Waals surface area contributed by atoms with Crippen LogP contribution < -0.4 is 9.62 Å². The van der Waals surface area contributed by atoms with Gasteiger partial charge >= 0.3 is 0 Å². The van der Waals surface area contributed by atoms with Crippen LogP contribution in [0.15, 0.2) is 39.9 Å². The van der Waals surface area contributed by atoms with E-state index in [1.807, 2.05) is 32.0 Å². The molecule has 7 heteroatoms. The van der Waals surface area contributed by atoms with Crippen LogP contribution in [0.1, 0.15) is 43.7 Å². The molecule has 1 fully saturated rings. The predicted octanol–water partition coefficient (Wildman–Crippen LogP) is 4.26. The lowest BCUT2D eigenvalue weighted by molar-refractivity contribution is -0.120. The molecule has 1 aliphatic rings. The van der Waals surface area contributed by atoms with Crippen molar-refractivity contribution in [2.75, 3.05) is 10.8 Å². The van der Waals surface area contributed by atoms with Crippen molar-refractivity contribution < 1.29 is 13.2 Å². The smallest absolute Gasteiger partial charge is 0.274 e. The number of nitrogens with zero attached hydrogens (tertiary/aromatic N) is 1. The molecular weight excluding hydrogens is 392 g/mol. The summed E-state index contributed by atoms with van der Waals surface area (Å²) < 4.78 is 28.0. The summed E-state index contributed by atoms with van der Waals surface area (Å²) in [5.74, 6) is 0.443. The van der Waals surface area contributed by atoms with Gasteiger partial charge in [-0.2, -0.15) is 0 Å². The number of hydrogen-bond donors (Lipinski definition) is 1. The summed E-state index contributed by atoms with van der Waals surface area (Å²) >= 11 is 1.16. The molecule has 1 aliphatic carbocycles. The maximum atomic E-state index is 13.2. The number of amides is 1. The normalized spacial score (nSPS) is 20.0. The molecule has 1 aromatic heterocycles. The monoisotopic (exact) mass is 420 g/mol. The van der Waals surface area contributed by atoms with Crippen molar-refractivity contribution in [3.05, 3.63) is 46.8 Å². The van der Waals surface area contributed by atoms with Crippen LogP contribution in [0.25, 0.3) is 0 Å². The van der Waals surface area contributed by atoms with E-state index < -0.39 is 10.0 Å². The van der Waals surface area contributed by atoms with Crippen LogP contribution in [-0.2, 0) is 14.8 Å². The molecule has 0 atom stereocenters. The topological polar surface area (TPSA) is 66.5 Å². The molecule has 1 amide bonds. The Morgan fingerprint density at radius 2 is 1.79 bits per heavy atom. The number of rotatable bonds is 6. The lowest BCUT2D eigenvalue weighted by Crippen LogP contribution is -2.45. The zero-order valence-electron chi connectivity index (χ0n) is 16.6. The molecule has 5 nitrogen and oxygen atoms in total. The van der Waals surface area contributed by atoms with E-state index in [-0.39, 0.29) is 22.7 Å². The van der Waals surface area contributed by atoms with Gasteiger partial charge in [-0.15, -0.1) is 11.3 Å². The van der Waals surface area contributed by atoms with E-state index in [1.165, 1.54) is 4.31 Å². The van der Waals surface area contributed by atoms with Gasteiger partial charge in [0.05, 0.1) is 5.69 Å². The first-order chi connectivity index (χ1) is 13.3. The number of thiophene rings is 1. The average molecular weight is 421 g/mol. The molecule has 0 radical (unpaired) electrons. The van der Waals surface area contributed by atoms with Crippen molar-refractivity contribution in [3.63, 3.8) is 0 Å². The second-order valence-corrected chi connectivity index (χ2v) is 10.9. The van der Waals surface area contributed by atoms with E-state index >= 15 is 0 Å². The van der Waals surface area contributed by atoms with Gasteiger partial charge in [-0.1, -0.05) is 19.1 Å². The Hall–Kier alpha value is -1.86. The minimum absolute atomic E-state index is 0.134. The highest BCUT2D eigenvalue weighted by atomic mass is 32.2. The number of sulfonamides is 1. The Balaban J connectivity index is 1.85. The standard InChI is InChI=1S/C21H28N2O3S2/c1-15-6-8-18(9-7-15)22-20(24)14-23(19-12-16(2)11-17(3)13-19)28(25,26)21-5-4-10-27-21/h4-5,10-13,15,18H,6-9,14H2,1-3H3,(H,22,24). The van der Waals surface area contributed by atoms with Crippen molar-refractivity contribution in [1.82, 2.24) is 5.32 Å². The lowest BCUT2D eigenvalue weighted by atomic mass is 9.87. The first-order valence-corrected chi connectivity index (χ1v) is 12.0. The summed E-state index contributed by atoms with van der Waals surface area (Å²) in [6.45, 7) is 5.87. The van der Waals surface area contributed by atoms with Gasteiger partial charge in [-0.25, -0.2) is 8.42 Å². The summed E-state index contributed by atoms with van der Waals surface area (Å²) in [5.41, 5.74) is 2.45. The molecule has 2 aromatic rings. The predicted molar refractivity (Wildman–Crippen MR) is 114 cm³/mol. The summed E-state index contributed by atoms with van der Waals surface area (Å²) in [5, 5.41) is 4.78. The number of carbonyl (C=O) groups excluding carboxylic acids is 1. The Morgan fingerprint density at radius 1 is 1.14 bits per heavy atom. The molecule has 3 rings (SSSR count). The van der Waals surface area contributed by atoms with E-state index in [4.69, 9.17) is 0 Å². The highest BCUT2D eigenvalue weighted by molar-refractivity contribution is 7.94. The summed E-state index contributed by atoms with van der Waals surface area (Å²) in [6.07, 6.45) is 4.10. The number of anilines is 1. The van der Waals surface area contributed by atoms with Gasteiger partial charge in [-0.3, -0.25) is 9.10 Å². The molecular formula is C21H28N2O3S2. The van der Waals surface area contributed by atoms with Crippen molar-refractivity contribution in [2.45, 2.75) is 56.7 Å². The maximum Gasteiger partial charge on any atom is 0.274 e. The minimum atomic E-state index is -3.80. The first-order valence-electron chi connectivity index (χ1n) is 9.69. The maximum absolute atomic E-state index is 13.2. The number of aryl methyl sites for hydroxylation is 2. The first kappa shape index (κ1) is 20.9. The molecule has 1 aromatic carbocycles. The number of nitrogens with one attached hydrogen (secondary N) is 1. The molecule has 0 unspecified atom stereocenters. The zero-order chi connectivity index (χ0) is 20.3. The fraction of sp³-hybridized carbons (Fsp3) is 0.476. The Morgan fingerprint density at radius 3 is 2.36 bits per heavy atom. The van der Waals surface area contributed by atoms with Crippen LogP contribution in [0.5, 0.6) is 0 Å². The summed E-state index contributed by atoms with van der Waals surface area (Å²) in [7, 11) is -3.80. The van der Waals surface area contributed by atoms with Crippen LogP contribution in [0.2, 0.25) is 0 Å². The average Bonchev–Trinajstić information content (AvgIpc) is 3.16. The van der Waals surface area contributed by atoms with E-state index in [0.29, 0.717) is 11.6 Å². The third-order valence-corrected chi connectivity index (χ3v) is 8.35. The third-order valence-electron chi connectivity index (χ3n) is 5.20. The highest BCUT2D eigenvalue weighted by Gasteiger charge is 2.29. The molecule has 0 aliphatic heterocycles. The molecule has 152 valence electrons. The van der Waals surface area contributed by atoms with Crippen molar-refractivity contribution >= 4 is 33.0 Å². The van der Waals surface area contributed by atoms with E-state index in [0.717, 1.165) is 48.1 Å². The van der Waals surface area contributed by atoms with Gasteiger partial charge in [-0.05, 0) is 80.2 Å². The van der Waals surface area contributed by atoms with E-state index in [1.54, 1.807) is 17.5 Å². The minimum Gasteiger partial charge on any atom is -0.352 e. The Kier molecular flexibility index (Phi) is 6.45. The summed E-state index contributed by atoms with van der Waals surface area (Å²) in [6, 6.07) is 9.04. The van der Waals surface area contributed by atoms with Gasteiger partial charge < -0.3 is 5.32 Å². The van der Waals surface area contributed by atoms with Gasteiger partial charge in [0.15, 0.2) is 0 Å². The van der Waals surface area contributed by atoms with Crippen LogP contribution in [0.4, 0.5) is 5.69 Å². The van der Waals surface area contributed by atoms with Crippen molar-refractivity contribution in [1.29, 1.82) is 0 Å². The highest BCUT2D eigenvalue weighted by Crippen LogP contribution is 2.28. The SMILES string of the molecule is Cc1cc(C)cc(N(CC(=O)NC2CCC(C)CC2)S(=O)(=O)c2cccs2)c1. The second-order valence-electron chi connectivity index (χ2n) is 7.81. The van der Waals surface area contributed by atoms with Gasteiger partial charge in [0, 0.05) is 6.04 Å². The molecule has 0 spiro atoms. The zero-order valence-corrected chi connectivity index (χ0v) is 18.3. The van der Waals surface area contributed by atoms with Gasteiger partial charge in [0.25, 0.3) is 10.0 Å². The number of benzene rings is 1. The molecule has 1 N–H and O–H groups in total. The number of carbonyl (C=O) groups is 1. The Bertz CT molecular complexity index is 895. The molecule has 0 bridgehead atoms. The largest absolute Gasteiger partial charge is 0.352 e. The molecule has 28 heavy (non-hydrogen) atoms. The summed E-state index contributed by atoms with van der Waals surface area (Å²) in [4.78, 5) is 12.7. The fourth-order valence-electron chi connectivity index (χ4n) is 3.74. The van der Waals surface area contributed by atoms with Gasteiger partial charge in [0.1, 0.15) is 10.8 Å². The molecule has 1 saturated carbocycles. The van der Waals surface area contributed by atoms with Crippen LogP contribution in [0.3, 0.4) is 0 Å². The molecule has 1 heterocycles. The van der Waals surface area contributed by atoms with Crippen LogP contribution >= 0.6 is 11.3 Å². The van der Waals surface area contributed by atoms with Gasteiger partial charge in [0.2, 0.25) is 5.91 Å². The number of hydrogen-bond acceptors (Lipinski definition) is 4.